The van der Waals surface area contributed by atoms with Crippen LogP contribution in [-0.2, 0) is 9.59 Å². The summed E-state index contributed by atoms with van der Waals surface area (Å²) in [5, 5.41) is 5.84. The van der Waals surface area contributed by atoms with Gasteiger partial charge in [-0.1, -0.05) is 6.07 Å². The highest BCUT2D eigenvalue weighted by Crippen LogP contribution is 2.23. The van der Waals surface area contributed by atoms with Crippen LogP contribution in [0.15, 0.2) is 23.1 Å². The molecular formula is C15H20N2O2S. The second kappa shape index (κ2) is 6.79. The maximum atomic E-state index is 12.0. The molecule has 1 heterocycles. The van der Waals surface area contributed by atoms with Gasteiger partial charge in [0.05, 0.1) is 0 Å². The van der Waals surface area contributed by atoms with E-state index in [1.54, 1.807) is 11.8 Å². The van der Waals surface area contributed by atoms with Gasteiger partial charge in [-0.25, -0.2) is 0 Å². The Hall–Kier alpha value is -1.49. The van der Waals surface area contributed by atoms with Gasteiger partial charge >= 0.3 is 0 Å². The lowest BCUT2D eigenvalue weighted by Crippen LogP contribution is -2.26. The van der Waals surface area contributed by atoms with E-state index in [2.05, 4.69) is 10.6 Å². The Balaban J connectivity index is 1.86. The molecule has 1 atom stereocenters. The van der Waals surface area contributed by atoms with Crippen molar-refractivity contribution in [3.8, 4) is 0 Å². The van der Waals surface area contributed by atoms with E-state index in [-0.39, 0.29) is 17.9 Å². The molecule has 0 spiro atoms. The SMILES string of the molecule is CSc1ccc(C)c(NC(=O)CCC2CCC(=O)N2)c1. The standard InChI is InChI=1S/C15H20N2O2S/c1-10-3-6-12(20-2)9-13(10)17-15(19)8-5-11-4-7-14(18)16-11/h3,6,9,11H,4-5,7-8H2,1-2H3,(H,16,18)(H,17,19). The largest absolute Gasteiger partial charge is 0.353 e. The zero-order chi connectivity index (χ0) is 14.5. The maximum absolute atomic E-state index is 12.0. The topological polar surface area (TPSA) is 58.2 Å². The Labute approximate surface area is 123 Å². The summed E-state index contributed by atoms with van der Waals surface area (Å²) in [4.78, 5) is 24.2. The Morgan fingerprint density at radius 1 is 1.50 bits per heavy atom. The number of thioether (sulfide) groups is 1. The fourth-order valence-electron chi connectivity index (χ4n) is 2.27. The molecule has 5 heteroatoms. The zero-order valence-corrected chi connectivity index (χ0v) is 12.7. The Morgan fingerprint density at radius 3 is 2.95 bits per heavy atom. The van der Waals surface area contributed by atoms with Crippen LogP contribution in [0.4, 0.5) is 5.69 Å². The summed E-state index contributed by atoms with van der Waals surface area (Å²) in [6, 6.07) is 6.21. The summed E-state index contributed by atoms with van der Waals surface area (Å²) in [5.74, 6) is 0.103. The summed E-state index contributed by atoms with van der Waals surface area (Å²) >= 11 is 1.65. The first-order valence-corrected chi connectivity index (χ1v) is 8.05. The van der Waals surface area contributed by atoms with E-state index in [1.165, 1.54) is 0 Å². The van der Waals surface area contributed by atoms with E-state index in [0.717, 1.165) is 22.6 Å². The predicted octanol–water partition coefficient (Wildman–Crippen LogP) is 2.71. The fraction of sp³-hybridized carbons (Fsp3) is 0.467. The molecule has 0 aliphatic carbocycles. The van der Waals surface area contributed by atoms with Crippen molar-refractivity contribution in [1.82, 2.24) is 5.32 Å². The van der Waals surface area contributed by atoms with E-state index >= 15 is 0 Å². The number of carbonyl (C=O) groups is 2. The smallest absolute Gasteiger partial charge is 0.224 e. The fourth-order valence-corrected chi connectivity index (χ4v) is 2.71. The molecule has 1 aliphatic heterocycles. The van der Waals surface area contributed by atoms with Crippen LogP contribution in [0.1, 0.15) is 31.2 Å². The van der Waals surface area contributed by atoms with Crippen molar-refractivity contribution < 1.29 is 9.59 Å². The van der Waals surface area contributed by atoms with Crippen molar-refractivity contribution in [2.24, 2.45) is 0 Å². The van der Waals surface area contributed by atoms with E-state index in [9.17, 15) is 9.59 Å². The summed E-state index contributed by atoms with van der Waals surface area (Å²) in [5.41, 5.74) is 1.93. The van der Waals surface area contributed by atoms with Crippen LogP contribution in [0.5, 0.6) is 0 Å². The van der Waals surface area contributed by atoms with Crippen LogP contribution in [0, 0.1) is 6.92 Å². The number of hydrogen-bond acceptors (Lipinski definition) is 3. The quantitative estimate of drug-likeness (QED) is 0.820. The number of benzene rings is 1. The number of carbonyl (C=O) groups excluding carboxylic acids is 2. The second-order valence-electron chi connectivity index (χ2n) is 5.07. The molecule has 1 saturated heterocycles. The molecule has 2 rings (SSSR count). The van der Waals surface area contributed by atoms with E-state index in [1.807, 2.05) is 31.4 Å². The van der Waals surface area contributed by atoms with E-state index < -0.39 is 0 Å². The molecular weight excluding hydrogens is 272 g/mol. The van der Waals surface area contributed by atoms with Crippen molar-refractivity contribution in [1.29, 1.82) is 0 Å². The third-order valence-electron chi connectivity index (χ3n) is 3.52. The second-order valence-corrected chi connectivity index (χ2v) is 5.95. The van der Waals surface area contributed by atoms with E-state index in [4.69, 9.17) is 0 Å². The molecule has 108 valence electrons. The summed E-state index contributed by atoms with van der Waals surface area (Å²) in [6.07, 6.45) is 4.58. The van der Waals surface area contributed by atoms with Crippen LogP contribution >= 0.6 is 11.8 Å². The Morgan fingerprint density at radius 2 is 2.30 bits per heavy atom. The molecule has 0 aromatic heterocycles. The molecule has 4 nitrogen and oxygen atoms in total. The van der Waals surface area contributed by atoms with Gasteiger partial charge in [-0.2, -0.15) is 0 Å². The molecule has 1 fully saturated rings. The number of rotatable bonds is 5. The van der Waals surface area contributed by atoms with Gasteiger partial charge in [-0.3, -0.25) is 9.59 Å². The van der Waals surface area contributed by atoms with Gasteiger partial charge in [0.25, 0.3) is 0 Å². The number of anilines is 1. The van der Waals surface area contributed by atoms with Crippen molar-refractivity contribution in [2.75, 3.05) is 11.6 Å². The van der Waals surface area contributed by atoms with Crippen molar-refractivity contribution in [2.45, 2.75) is 43.5 Å². The normalized spacial score (nSPS) is 17.9. The van der Waals surface area contributed by atoms with Crippen LogP contribution in [0.3, 0.4) is 0 Å². The molecule has 1 unspecified atom stereocenters. The lowest BCUT2D eigenvalue weighted by atomic mass is 10.1. The highest BCUT2D eigenvalue weighted by Gasteiger charge is 2.21. The number of nitrogens with one attached hydrogen (secondary N) is 2. The predicted molar refractivity (Wildman–Crippen MR) is 82.0 cm³/mol. The van der Waals surface area contributed by atoms with Crippen LogP contribution in [0.2, 0.25) is 0 Å². The molecule has 1 aliphatic rings. The van der Waals surface area contributed by atoms with Crippen LogP contribution in [0.25, 0.3) is 0 Å². The van der Waals surface area contributed by atoms with Crippen LogP contribution < -0.4 is 10.6 Å². The van der Waals surface area contributed by atoms with Crippen molar-refractivity contribution in [3.05, 3.63) is 23.8 Å². The van der Waals surface area contributed by atoms with E-state index in [0.29, 0.717) is 19.3 Å². The highest BCUT2D eigenvalue weighted by atomic mass is 32.2. The number of hydrogen-bond donors (Lipinski definition) is 2. The summed E-state index contributed by atoms with van der Waals surface area (Å²) in [7, 11) is 0. The molecule has 2 N–H and O–H groups in total. The minimum Gasteiger partial charge on any atom is -0.353 e. The molecule has 1 aromatic rings. The molecule has 0 saturated carbocycles. The lowest BCUT2D eigenvalue weighted by molar-refractivity contribution is -0.120. The number of amides is 2. The van der Waals surface area contributed by atoms with Crippen molar-refractivity contribution >= 4 is 29.3 Å². The highest BCUT2D eigenvalue weighted by molar-refractivity contribution is 7.98. The van der Waals surface area contributed by atoms with Gasteiger partial charge in [-0.05, 0) is 43.7 Å². The first-order valence-electron chi connectivity index (χ1n) is 6.82. The summed E-state index contributed by atoms with van der Waals surface area (Å²) < 4.78 is 0. The van der Waals surface area contributed by atoms with Gasteiger partial charge < -0.3 is 10.6 Å². The average Bonchev–Trinajstić information content (AvgIpc) is 2.85. The molecule has 0 radical (unpaired) electrons. The monoisotopic (exact) mass is 292 g/mol. The first kappa shape index (κ1) is 14.9. The third-order valence-corrected chi connectivity index (χ3v) is 4.25. The number of aryl methyl sites for hydroxylation is 1. The molecule has 1 aromatic carbocycles. The third kappa shape index (κ3) is 4.00. The lowest BCUT2D eigenvalue weighted by Gasteiger charge is -2.12. The summed E-state index contributed by atoms with van der Waals surface area (Å²) in [6.45, 7) is 1.98. The minimum atomic E-state index is 0.00695. The Kier molecular flexibility index (Phi) is 5.06. The zero-order valence-electron chi connectivity index (χ0n) is 11.9. The van der Waals surface area contributed by atoms with Gasteiger partial charge in [0.1, 0.15) is 0 Å². The van der Waals surface area contributed by atoms with Gasteiger partial charge in [-0.15, -0.1) is 11.8 Å². The van der Waals surface area contributed by atoms with Gasteiger partial charge in [0.2, 0.25) is 11.8 Å². The van der Waals surface area contributed by atoms with Crippen molar-refractivity contribution in [3.63, 3.8) is 0 Å². The van der Waals surface area contributed by atoms with Gasteiger partial charge in [0, 0.05) is 29.5 Å². The van der Waals surface area contributed by atoms with Gasteiger partial charge in [0.15, 0.2) is 0 Å². The molecule has 0 bridgehead atoms. The molecule has 20 heavy (non-hydrogen) atoms. The maximum Gasteiger partial charge on any atom is 0.224 e. The first-order chi connectivity index (χ1) is 9.58. The average molecular weight is 292 g/mol. The van der Waals surface area contributed by atoms with Crippen LogP contribution in [-0.4, -0.2) is 24.1 Å². The minimum absolute atomic E-state index is 0.00695. The Bertz CT molecular complexity index is 517. The molecule has 2 amide bonds.